The molecule has 4 N–H and O–H groups in total. The predicted octanol–water partition coefficient (Wildman–Crippen LogP) is 0.236. The minimum Gasteiger partial charge on any atom is -0.444 e. The third-order valence-corrected chi connectivity index (χ3v) is 2.32. The largest absolute Gasteiger partial charge is 0.444 e. The number of amidine groups is 1. The Balaban J connectivity index is 2.48. The first-order chi connectivity index (χ1) is 8.08. The van der Waals surface area contributed by atoms with E-state index in [2.05, 4.69) is 15.5 Å². The molecule has 0 bridgehead atoms. The van der Waals surface area contributed by atoms with Gasteiger partial charge in [0.1, 0.15) is 5.76 Å². The Bertz CT molecular complexity index is 413. The lowest BCUT2D eigenvalue weighted by Gasteiger charge is -2.08. The van der Waals surface area contributed by atoms with Gasteiger partial charge in [0, 0.05) is 6.42 Å². The van der Waals surface area contributed by atoms with Crippen molar-refractivity contribution < 1.29 is 14.4 Å². The van der Waals surface area contributed by atoms with Crippen molar-refractivity contribution in [2.24, 2.45) is 16.8 Å². The van der Waals surface area contributed by atoms with Crippen molar-refractivity contribution in [2.75, 3.05) is 0 Å². The molecule has 1 rings (SSSR count). The SMILES string of the molecule is CCc1cnc(CNC(=O)C(C)C(N)=NO)o1. The molecule has 17 heavy (non-hydrogen) atoms. The smallest absolute Gasteiger partial charge is 0.230 e. The minimum atomic E-state index is -0.694. The molecule has 0 aliphatic carbocycles. The first-order valence-electron chi connectivity index (χ1n) is 5.27. The van der Waals surface area contributed by atoms with Gasteiger partial charge < -0.3 is 20.7 Å². The molecule has 7 nitrogen and oxygen atoms in total. The molecule has 1 atom stereocenters. The Kier molecular flexibility index (Phi) is 4.50. The second kappa shape index (κ2) is 5.88. The number of nitrogens with one attached hydrogen (secondary N) is 1. The summed E-state index contributed by atoms with van der Waals surface area (Å²) in [6, 6.07) is 0. The summed E-state index contributed by atoms with van der Waals surface area (Å²) in [7, 11) is 0. The maximum Gasteiger partial charge on any atom is 0.230 e. The number of aromatic nitrogens is 1. The van der Waals surface area contributed by atoms with Crippen LogP contribution in [-0.4, -0.2) is 21.9 Å². The van der Waals surface area contributed by atoms with Gasteiger partial charge in [-0.1, -0.05) is 12.1 Å². The van der Waals surface area contributed by atoms with Gasteiger partial charge in [0.05, 0.1) is 18.7 Å². The van der Waals surface area contributed by atoms with Crippen LogP contribution < -0.4 is 11.1 Å². The summed E-state index contributed by atoms with van der Waals surface area (Å²) >= 11 is 0. The van der Waals surface area contributed by atoms with E-state index in [1.54, 1.807) is 6.20 Å². The molecule has 1 aromatic rings. The van der Waals surface area contributed by atoms with Crippen LogP contribution in [0.3, 0.4) is 0 Å². The van der Waals surface area contributed by atoms with Crippen molar-refractivity contribution >= 4 is 11.7 Å². The van der Waals surface area contributed by atoms with Crippen molar-refractivity contribution in [1.29, 1.82) is 0 Å². The Morgan fingerprint density at radius 3 is 3.00 bits per heavy atom. The third kappa shape index (κ3) is 3.47. The van der Waals surface area contributed by atoms with Crippen molar-refractivity contribution in [3.05, 3.63) is 17.8 Å². The van der Waals surface area contributed by atoms with Gasteiger partial charge in [-0.3, -0.25) is 4.79 Å². The van der Waals surface area contributed by atoms with E-state index in [0.717, 1.165) is 12.2 Å². The number of oxazole rings is 1. The number of nitrogens with zero attached hydrogens (tertiary/aromatic N) is 2. The predicted molar refractivity (Wildman–Crippen MR) is 60.3 cm³/mol. The van der Waals surface area contributed by atoms with Crippen molar-refractivity contribution in [1.82, 2.24) is 10.3 Å². The molecule has 1 amide bonds. The van der Waals surface area contributed by atoms with Gasteiger partial charge in [-0.15, -0.1) is 0 Å². The number of rotatable bonds is 5. The Hall–Kier alpha value is -2.05. The molecule has 0 saturated heterocycles. The fourth-order valence-electron chi connectivity index (χ4n) is 1.13. The Morgan fingerprint density at radius 2 is 2.47 bits per heavy atom. The highest BCUT2D eigenvalue weighted by molar-refractivity contribution is 6.01. The van der Waals surface area contributed by atoms with Gasteiger partial charge in [-0.2, -0.15) is 0 Å². The molecular weight excluding hydrogens is 224 g/mol. The molecule has 0 radical (unpaired) electrons. The summed E-state index contributed by atoms with van der Waals surface area (Å²) < 4.78 is 5.31. The number of aryl methyl sites for hydroxylation is 1. The van der Waals surface area contributed by atoms with E-state index in [-0.39, 0.29) is 18.3 Å². The number of hydrogen-bond donors (Lipinski definition) is 3. The van der Waals surface area contributed by atoms with Crippen LogP contribution in [0, 0.1) is 5.92 Å². The van der Waals surface area contributed by atoms with E-state index in [1.165, 1.54) is 6.92 Å². The van der Waals surface area contributed by atoms with Crippen molar-refractivity contribution in [3.8, 4) is 0 Å². The van der Waals surface area contributed by atoms with Crippen LogP contribution in [-0.2, 0) is 17.8 Å². The van der Waals surface area contributed by atoms with E-state index in [1.807, 2.05) is 6.92 Å². The van der Waals surface area contributed by atoms with Crippen molar-refractivity contribution in [2.45, 2.75) is 26.8 Å². The number of carbonyl (C=O) groups excluding carboxylic acids is 1. The highest BCUT2D eigenvalue weighted by Crippen LogP contribution is 2.04. The topological polar surface area (TPSA) is 114 Å². The molecule has 0 fully saturated rings. The van der Waals surface area contributed by atoms with Gasteiger partial charge >= 0.3 is 0 Å². The molecule has 7 heteroatoms. The van der Waals surface area contributed by atoms with Crippen LogP contribution in [0.25, 0.3) is 0 Å². The maximum atomic E-state index is 11.5. The van der Waals surface area contributed by atoms with Gasteiger partial charge in [-0.05, 0) is 6.92 Å². The van der Waals surface area contributed by atoms with Crippen molar-refractivity contribution in [3.63, 3.8) is 0 Å². The van der Waals surface area contributed by atoms with E-state index in [0.29, 0.717) is 5.89 Å². The highest BCUT2D eigenvalue weighted by Gasteiger charge is 2.17. The summed E-state index contributed by atoms with van der Waals surface area (Å²) in [6.07, 6.45) is 2.37. The second-order valence-corrected chi connectivity index (χ2v) is 3.54. The fraction of sp³-hybridized carbons (Fsp3) is 0.500. The number of amides is 1. The van der Waals surface area contributed by atoms with Crippen LogP contribution in [0.15, 0.2) is 15.8 Å². The fourth-order valence-corrected chi connectivity index (χ4v) is 1.13. The lowest BCUT2D eigenvalue weighted by atomic mass is 10.1. The lowest BCUT2D eigenvalue weighted by molar-refractivity contribution is -0.122. The number of nitrogens with two attached hydrogens (primary N) is 1. The van der Waals surface area contributed by atoms with E-state index in [9.17, 15) is 4.79 Å². The zero-order valence-electron chi connectivity index (χ0n) is 9.80. The molecule has 0 spiro atoms. The van der Waals surface area contributed by atoms with Gasteiger partial charge in [0.15, 0.2) is 5.84 Å². The van der Waals surface area contributed by atoms with Gasteiger partial charge in [0.2, 0.25) is 11.8 Å². The Morgan fingerprint density at radius 1 is 1.76 bits per heavy atom. The van der Waals surface area contributed by atoms with Crippen LogP contribution in [0.2, 0.25) is 0 Å². The van der Waals surface area contributed by atoms with Gasteiger partial charge in [0.25, 0.3) is 0 Å². The third-order valence-electron chi connectivity index (χ3n) is 2.32. The van der Waals surface area contributed by atoms with E-state index in [4.69, 9.17) is 15.4 Å². The van der Waals surface area contributed by atoms with Gasteiger partial charge in [-0.25, -0.2) is 4.98 Å². The van der Waals surface area contributed by atoms with Crippen LogP contribution in [0.1, 0.15) is 25.5 Å². The number of carbonyl (C=O) groups is 1. The molecule has 0 aliphatic rings. The average Bonchev–Trinajstić information content (AvgIpc) is 2.81. The van der Waals surface area contributed by atoms with Crippen LogP contribution in [0.4, 0.5) is 0 Å². The summed E-state index contributed by atoms with van der Waals surface area (Å²) in [5.74, 6) is 0.0157. The molecule has 0 saturated carbocycles. The second-order valence-electron chi connectivity index (χ2n) is 3.54. The first kappa shape index (κ1) is 13.0. The number of oxime groups is 1. The summed E-state index contributed by atoms with van der Waals surface area (Å²) in [4.78, 5) is 15.5. The van der Waals surface area contributed by atoms with E-state index < -0.39 is 5.92 Å². The van der Waals surface area contributed by atoms with E-state index >= 15 is 0 Å². The van der Waals surface area contributed by atoms with Crippen LogP contribution in [0.5, 0.6) is 0 Å². The lowest BCUT2D eigenvalue weighted by Crippen LogP contribution is -2.36. The normalized spacial score (nSPS) is 13.4. The maximum absolute atomic E-state index is 11.5. The zero-order chi connectivity index (χ0) is 12.8. The monoisotopic (exact) mass is 240 g/mol. The molecule has 1 aromatic heterocycles. The summed E-state index contributed by atoms with van der Waals surface area (Å²) in [5.41, 5.74) is 5.31. The molecule has 0 aromatic carbocycles. The molecular formula is C10H16N4O3. The quantitative estimate of drug-likeness (QED) is 0.295. The van der Waals surface area contributed by atoms with Crippen LogP contribution >= 0.6 is 0 Å². The molecule has 94 valence electrons. The first-order valence-corrected chi connectivity index (χ1v) is 5.27. The standard InChI is InChI=1S/C10H16N4O3/c1-3-7-4-12-8(17-7)5-13-10(15)6(2)9(11)14-16/h4,6,16H,3,5H2,1-2H3,(H2,11,14)(H,13,15). The molecule has 0 aliphatic heterocycles. The Labute approximate surface area is 98.7 Å². The number of hydrogen-bond acceptors (Lipinski definition) is 5. The highest BCUT2D eigenvalue weighted by atomic mass is 16.4. The summed E-state index contributed by atoms with van der Waals surface area (Å²) in [5, 5.41) is 13.8. The average molecular weight is 240 g/mol. The summed E-state index contributed by atoms with van der Waals surface area (Å²) in [6.45, 7) is 3.67. The minimum absolute atomic E-state index is 0.135. The molecule has 1 unspecified atom stereocenters. The zero-order valence-corrected chi connectivity index (χ0v) is 9.80. The molecule has 1 heterocycles.